The maximum atomic E-state index is 12.8. The summed E-state index contributed by atoms with van der Waals surface area (Å²) < 4.78 is 12.8. The van der Waals surface area contributed by atoms with Crippen LogP contribution in [0.4, 0.5) is 4.39 Å². The van der Waals surface area contributed by atoms with E-state index < -0.39 is 5.82 Å². The lowest BCUT2D eigenvalue weighted by Gasteiger charge is -2.08. The molecule has 0 aliphatic heterocycles. The highest BCUT2D eigenvalue weighted by Crippen LogP contribution is 2.15. The van der Waals surface area contributed by atoms with Crippen LogP contribution in [-0.2, 0) is 6.54 Å². The number of hydrogen-bond acceptors (Lipinski definition) is 1. The molecule has 3 nitrogen and oxygen atoms in total. The van der Waals surface area contributed by atoms with E-state index in [1.165, 1.54) is 6.07 Å². The van der Waals surface area contributed by atoms with Gasteiger partial charge in [0.1, 0.15) is 5.82 Å². The van der Waals surface area contributed by atoms with Gasteiger partial charge in [0, 0.05) is 20.6 Å². The van der Waals surface area contributed by atoms with E-state index in [9.17, 15) is 4.39 Å². The van der Waals surface area contributed by atoms with Gasteiger partial charge >= 0.3 is 0 Å². The molecule has 0 amide bonds. The first-order chi connectivity index (χ1) is 7.17. The molecule has 0 spiro atoms. The Labute approximate surface area is 116 Å². The normalized spacial score (nSPS) is 10.6. The predicted molar refractivity (Wildman–Crippen MR) is 76.1 cm³/mol. The Morgan fingerprint density at radius 2 is 2.19 bits per heavy atom. The maximum absolute atomic E-state index is 12.8. The molecule has 0 saturated heterocycles. The predicted octanol–water partition coefficient (Wildman–Crippen LogP) is 2.39. The summed E-state index contributed by atoms with van der Waals surface area (Å²) in [5.41, 5.74) is 0.901. The molecule has 90 valence electrons. The van der Waals surface area contributed by atoms with Gasteiger partial charge in [0.2, 0.25) is 0 Å². The SMILES string of the molecule is CN=C(NC)NCc1ccc(F)c(Cl)c1.I. The van der Waals surface area contributed by atoms with Gasteiger partial charge in [-0.25, -0.2) is 4.39 Å². The van der Waals surface area contributed by atoms with Crippen molar-refractivity contribution in [3.05, 3.63) is 34.6 Å². The van der Waals surface area contributed by atoms with Gasteiger partial charge in [-0.2, -0.15) is 0 Å². The molecule has 0 aliphatic carbocycles. The smallest absolute Gasteiger partial charge is 0.190 e. The Morgan fingerprint density at radius 3 is 2.69 bits per heavy atom. The van der Waals surface area contributed by atoms with Crippen molar-refractivity contribution in [3.63, 3.8) is 0 Å². The Balaban J connectivity index is 0.00000225. The molecule has 16 heavy (non-hydrogen) atoms. The fraction of sp³-hybridized carbons (Fsp3) is 0.300. The quantitative estimate of drug-likeness (QED) is 0.484. The lowest BCUT2D eigenvalue weighted by atomic mass is 10.2. The summed E-state index contributed by atoms with van der Waals surface area (Å²) in [5.74, 6) is 0.272. The second kappa shape index (κ2) is 7.67. The summed E-state index contributed by atoms with van der Waals surface area (Å²) in [6.07, 6.45) is 0. The third kappa shape index (κ3) is 4.52. The van der Waals surface area contributed by atoms with Crippen molar-refractivity contribution in [2.24, 2.45) is 4.99 Å². The molecular weight excluding hydrogens is 343 g/mol. The lowest BCUT2D eigenvalue weighted by molar-refractivity contribution is 0.627. The van der Waals surface area contributed by atoms with Gasteiger partial charge in [-0.1, -0.05) is 17.7 Å². The first kappa shape index (κ1) is 15.4. The van der Waals surface area contributed by atoms with Gasteiger partial charge in [-0.05, 0) is 17.7 Å². The van der Waals surface area contributed by atoms with Crippen molar-refractivity contribution in [2.45, 2.75) is 6.54 Å². The monoisotopic (exact) mass is 357 g/mol. The van der Waals surface area contributed by atoms with Gasteiger partial charge in [0.25, 0.3) is 0 Å². The summed E-state index contributed by atoms with van der Waals surface area (Å²) >= 11 is 5.65. The van der Waals surface area contributed by atoms with Gasteiger partial charge in [-0.3, -0.25) is 4.99 Å². The molecule has 0 radical (unpaired) electrons. The highest BCUT2D eigenvalue weighted by atomic mass is 127. The Hall–Kier alpha value is -0.560. The molecule has 0 saturated carbocycles. The van der Waals surface area contributed by atoms with Crippen LogP contribution in [0, 0.1) is 5.82 Å². The van der Waals surface area contributed by atoms with Crippen LogP contribution < -0.4 is 10.6 Å². The molecule has 6 heteroatoms. The van der Waals surface area contributed by atoms with E-state index in [0.29, 0.717) is 12.5 Å². The van der Waals surface area contributed by atoms with Crippen molar-refractivity contribution in [2.75, 3.05) is 14.1 Å². The maximum Gasteiger partial charge on any atom is 0.190 e. The van der Waals surface area contributed by atoms with Crippen molar-refractivity contribution < 1.29 is 4.39 Å². The van der Waals surface area contributed by atoms with E-state index >= 15 is 0 Å². The minimum absolute atomic E-state index is 0. The second-order valence-corrected chi connectivity index (χ2v) is 3.33. The molecule has 0 atom stereocenters. The van der Waals surface area contributed by atoms with Crippen LogP contribution in [0.2, 0.25) is 5.02 Å². The van der Waals surface area contributed by atoms with Crippen molar-refractivity contribution in [1.29, 1.82) is 0 Å². The zero-order valence-electron chi connectivity index (χ0n) is 9.05. The molecule has 0 heterocycles. The number of nitrogens with one attached hydrogen (secondary N) is 2. The first-order valence-corrected chi connectivity index (χ1v) is 4.87. The van der Waals surface area contributed by atoms with Crippen molar-refractivity contribution >= 4 is 41.5 Å². The molecular formula is C10H14ClFIN3. The fourth-order valence-corrected chi connectivity index (χ4v) is 1.32. The zero-order valence-corrected chi connectivity index (χ0v) is 12.1. The van der Waals surface area contributed by atoms with Crippen molar-refractivity contribution in [1.82, 2.24) is 10.6 Å². The molecule has 0 aliphatic rings. The summed E-state index contributed by atoms with van der Waals surface area (Å²) in [4.78, 5) is 3.95. The van der Waals surface area contributed by atoms with E-state index in [0.717, 1.165) is 5.56 Å². The summed E-state index contributed by atoms with van der Waals surface area (Å²) in [6.45, 7) is 0.549. The van der Waals surface area contributed by atoms with Gasteiger partial charge < -0.3 is 10.6 Å². The molecule has 0 bridgehead atoms. The topological polar surface area (TPSA) is 36.4 Å². The average Bonchev–Trinajstić information content (AvgIpc) is 2.24. The number of nitrogens with zero attached hydrogens (tertiary/aromatic N) is 1. The number of halogens is 3. The van der Waals surface area contributed by atoms with Gasteiger partial charge in [0.15, 0.2) is 5.96 Å². The zero-order chi connectivity index (χ0) is 11.3. The summed E-state index contributed by atoms with van der Waals surface area (Å²) in [6, 6.07) is 4.62. The number of hydrogen-bond donors (Lipinski definition) is 2. The van der Waals surface area contributed by atoms with Crippen LogP contribution in [0.15, 0.2) is 23.2 Å². The third-order valence-corrected chi connectivity index (χ3v) is 2.19. The van der Waals surface area contributed by atoms with Crippen LogP contribution in [0.25, 0.3) is 0 Å². The fourth-order valence-electron chi connectivity index (χ4n) is 1.11. The van der Waals surface area contributed by atoms with Crippen LogP contribution in [0.3, 0.4) is 0 Å². The highest BCUT2D eigenvalue weighted by molar-refractivity contribution is 14.0. The molecule has 1 aromatic carbocycles. The number of benzene rings is 1. The average molecular weight is 358 g/mol. The highest BCUT2D eigenvalue weighted by Gasteiger charge is 2.01. The number of aliphatic imine (C=N–C) groups is 1. The molecule has 0 aromatic heterocycles. The minimum Gasteiger partial charge on any atom is -0.359 e. The standard InChI is InChI=1S/C10H13ClFN3.HI/c1-13-10(14-2)15-6-7-3-4-9(12)8(11)5-7;/h3-5H,6H2,1-2H3,(H2,13,14,15);1H. The van der Waals surface area contributed by atoms with E-state index in [1.54, 1.807) is 26.2 Å². The Bertz CT molecular complexity index is 371. The largest absolute Gasteiger partial charge is 0.359 e. The molecule has 1 aromatic rings. The van der Waals surface area contributed by atoms with Gasteiger partial charge in [0.05, 0.1) is 5.02 Å². The summed E-state index contributed by atoms with van der Waals surface area (Å²) in [7, 11) is 3.45. The number of rotatable bonds is 2. The third-order valence-electron chi connectivity index (χ3n) is 1.90. The molecule has 1 rings (SSSR count). The minimum atomic E-state index is -0.404. The van der Waals surface area contributed by atoms with Crippen LogP contribution in [0.1, 0.15) is 5.56 Å². The molecule has 0 fully saturated rings. The van der Waals surface area contributed by atoms with Gasteiger partial charge in [-0.15, -0.1) is 24.0 Å². The lowest BCUT2D eigenvalue weighted by Crippen LogP contribution is -2.34. The van der Waals surface area contributed by atoms with E-state index in [2.05, 4.69) is 15.6 Å². The first-order valence-electron chi connectivity index (χ1n) is 4.49. The van der Waals surface area contributed by atoms with Crippen LogP contribution in [0.5, 0.6) is 0 Å². The van der Waals surface area contributed by atoms with E-state index in [-0.39, 0.29) is 29.0 Å². The number of guanidine groups is 1. The van der Waals surface area contributed by atoms with Crippen LogP contribution >= 0.6 is 35.6 Å². The molecule has 0 unspecified atom stereocenters. The van der Waals surface area contributed by atoms with E-state index in [4.69, 9.17) is 11.6 Å². The summed E-state index contributed by atoms with van der Waals surface area (Å²) in [5, 5.41) is 6.05. The second-order valence-electron chi connectivity index (χ2n) is 2.92. The Kier molecular flexibility index (Phi) is 7.40. The van der Waals surface area contributed by atoms with Crippen molar-refractivity contribution in [3.8, 4) is 0 Å². The molecule has 2 N–H and O–H groups in total. The van der Waals surface area contributed by atoms with Crippen LogP contribution in [-0.4, -0.2) is 20.1 Å². The van der Waals surface area contributed by atoms with E-state index in [1.807, 2.05) is 0 Å². The Morgan fingerprint density at radius 1 is 1.50 bits per heavy atom.